The number of amides is 2. The Morgan fingerprint density at radius 1 is 1.12 bits per heavy atom. The maximum Gasteiger partial charge on any atom is 0.270 e. The molecule has 2 heterocycles. The smallest absolute Gasteiger partial charge is 0.270 e. The number of morpholine rings is 1. The SMILES string of the molecule is O=C1NC(=S)N(c2ccc(Cl)cc2)C(=O)/C1=C/c1cc([N+](=O)[O-])ccc1N1CCOCC1. The van der Waals surface area contributed by atoms with Crippen LogP contribution in [0.5, 0.6) is 0 Å². The molecule has 0 spiro atoms. The van der Waals surface area contributed by atoms with E-state index < -0.39 is 16.7 Å². The second kappa shape index (κ2) is 9.03. The Hall–Kier alpha value is -3.34. The average molecular weight is 473 g/mol. The van der Waals surface area contributed by atoms with Crippen molar-refractivity contribution in [3.05, 3.63) is 68.7 Å². The van der Waals surface area contributed by atoms with Gasteiger partial charge < -0.3 is 9.64 Å². The molecule has 0 bridgehead atoms. The van der Waals surface area contributed by atoms with Crippen LogP contribution in [0.3, 0.4) is 0 Å². The number of nitro groups is 1. The number of hydrogen-bond donors (Lipinski definition) is 1. The standard InChI is InChI=1S/C21H17ClN4O5S/c22-14-1-3-15(4-2-14)25-20(28)17(19(27)23-21(25)32)12-13-11-16(26(29)30)5-6-18(13)24-7-9-31-10-8-24/h1-6,11-12H,7-10H2,(H,23,27,32)/b17-12+. The molecule has 164 valence electrons. The lowest BCUT2D eigenvalue weighted by atomic mass is 10.0. The second-order valence-electron chi connectivity index (χ2n) is 7.03. The molecule has 2 aliphatic heterocycles. The van der Waals surface area contributed by atoms with Crippen LogP contribution in [0.1, 0.15) is 5.56 Å². The van der Waals surface area contributed by atoms with Gasteiger partial charge in [-0.3, -0.25) is 29.9 Å². The third-order valence-corrected chi connectivity index (χ3v) is 5.60. The molecule has 0 aliphatic carbocycles. The van der Waals surface area contributed by atoms with Crippen molar-refractivity contribution < 1.29 is 19.2 Å². The molecular weight excluding hydrogens is 456 g/mol. The molecule has 2 fully saturated rings. The normalized spacial score (nSPS) is 18.2. The van der Waals surface area contributed by atoms with E-state index in [9.17, 15) is 19.7 Å². The molecule has 1 N–H and O–H groups in total. The maximum absolute atomic E-state index is 13.3. The fraction of sp³-hybridized carbons (Fsp3) is 0.190. The lowest BCUT2D eigenvalue weighted by Crippen LogP contribution is -2.54. The first-order valence-corrected chi connectivity index (χ1v) is 10.4. The Kier molecular flexibility index (Phi) is 6.17. The second-order valence-corrected chi connectivity index (χ2v) is 7.86. The molecule has 0 saturated carbocycles. The summed E-state index contributed by atoms with van der Waals surface area (Å²) in [6.45, 7) is 2.17. The Balaban J connectivity index is 1.78. The minimum Gasteiger partial charge on any atom is -0.378 e. The summed E-state index contributed by atoms with van der Waals surface area (Å²) in [7, 11) is 0. The summed E-state index contributed by atoms with van der Waals surface area (Å²) >= 11 is 11.1. The largest absolute Gasteiger partial charge is 0.378 e. The van der Waals surface area contributed by atoms with Gasteiger partial charge in [0.15, 0.2) is 5.11 Å². The third kappa shape index (κ3) is 4.33. The van der Waals surface area contributed by atoms with Gasteiger partial charge in [-0.25, -0.2) is 0 Å². The minimum atomic E-state index is -0.676. The highest BCUT2D eigenvalue weighted by molar-refractivity contribution is 7.80. The zero-order chi connectivity index (χ0) is 22.8. The van der Waals surface area contributed by atoms with Crippen molar-refractivity contribution in [3.63, 3.8) is 0 Å². The predicted molar refractivity (Wildman–Crippen MR) is 124 cm³/mol. The van der Waals surface area contributed by atoms with E-state index in [1.54, 1.807) is 30.3 Å². The lowest BCUT2D eigenvalue weighted by molar-refractivity contribution is -0.384. The number of halogens is 1. The number of thiocarbonyl (C=S) groups is 1. The number of nitro benzene ring substituents is 1. The molecular formula is C21H17ClN4O5S. The van der Waals surface area contributed by atoms with Crippen molar-refractivity contribution in [2.24, 2.45) is 0 Å². The van der Waals surface area contributed by atoms with E-state index in [1.807, 2.05) is 4.90 Å². The van der Waals surface area contributed by atoms with E-state index in [0.29, 0.717) is 48.3 Å². The van der Waals surface area contributed by atoms with Crippen molar-refractivity contribution in [1.82, 2.24) is 5.32 Å². The monoisotopic (exact) mass is 472 g/mol. The summed E-state index contributed by atoms with van der Waals surface area (Å²) in [5.74, 6) is -1.31. The Labute approximate surface area is 193 Å². The van der Waals surface area contributed by atoms with Gasteiger partial charge in [-0.1, -0.05) is 11.6 Å². The quantitative estimate of drug-likeness (QED) is 0.240. The number of nitrogens with one attached hydrogen (secondary N) is 1. The van der Waals surface area contributed by atoms with Crippen molar-refractivity contribution in [1.29, 1.82) is 0 Å². The van der Waals surface area contributed by atoms with Crippen molar-refractivity contribution in [2.75, 3.05) is 36.1 Å². The van der Waals surface area contributed by atoms with E-state index in [-0.39, 0.29) is 16.4 Å². The zero-order valence-corrected chi connectivity index (χ0v) is 18.2. The maximum atomic E-state index is 13.3. The van der Waals surface area contributed by atoms with Gasteiger partial charge in [0.2, 0.25) is 0 Å². The number of carbonyl (C=O) groups is 2. The molecule has 0 aromatic heterocycles. The fourth-order valence-electron chi connectivity index (χ4n) is 3.50. The van der Waals surface area contributed by atoms with Gasteiger partial charge in [0, 0.05) is 41.5 Å². The minimum absolute atomic E-state index is 0.0630. The first kappa shape index (κ1) is 21.9. The summed E-state index contributed by atoms with van der Waals surface area (Å²) in [5, 5.41) is 14.3. The molecule has 2 amide bonds. The van der Waals surface area contributed by atoms with Crippen molar-refractivity contribution >= 4 is 63.9 Å². The molecule has 0 radical (unpaired) electrons. The van der Waals surface area contributed by atoms with Gasteiger partial charge in [0.1, 0.15) is 5.57 Å². The van der Waals surface area contributed by atoms with E-state index in [4.69, 9.17) is 28.6 Å². The molecule has 0 atom stereocenters. The zero-order valence-electron chi connectivity index (χ0n) is 16.6. The molecule has 2 aromatic rings. The van der Waals surface area contributed by atoms with Crippen LogP contribution in [0.4, 0.5) is 17.1 Å². The van der Waals surface area contributed by atoms with Gasteiger partial charge in [-0.05, 0) is 48.6 Å². The Morgan fingerprint density at radius 3 is 2.47 bits per heavy atom. The molecule has 0 unspecified atom stereocenters. The van der Waals surface area contributed by atoms with E-state index >= 15 is 0 Å². The van der Waals surface area contributed by atoms with Gasteiger partial charge >= 0.3 is 0 Å². The number of non-ortho nitro benzene ring substituents is 1. The topological polar surface area (TPSA) is 105 Å². The summed E-state index contributed by atoms with van der Waals surface area (Å²) in [6, 6.07) is 10.8. The highest BCUT2D eigenvalue weighted by Gasteiger charge is 2.35. The summed E-state index contributed by atoms with van der Waals surface area (Å²) in [6.07, 6.45) is 1.36. The van der Waals surface area contributed by atoms with Crippen LogP contribution in [-0.4, -0.2) is 48.2 Å². The molecule has 9 nitrogen and oxygen atoms in total. The van der Waals surface area contributed by atoms with Crippen LogP contribution in [0.2, 0.25) is 5.02 Å². The van der Waals surface area contributed by atoms with Crippen LogP contribution in [-0.2, 0) is 14.3 Å². The molecule has 32 heavy (non-hydrogen) atoms. The van der Waals surface area contributed by atoms with Gasteiger partial charge in [0.05, 0.1) is 23.8 Å². The number of nitrogens with zero attached hydrogens (tertiary/aromatic N) is 3. The number of ether oxygens (including phenoxy) is 1. The van der Waals surface area contributed by atoms with Crippen molar-refractivity contribution in [3.8, 4) is 0 Å². The average Bonchev–Trinajstić information content (AvgIpc) is 2.78. The van der Waals surface area contributed by atoms with Crippen LogP contribution < -0.4 is 15.1 Å². The third-order valence-electron chi connectivity index (χ3n) is 5.06. The van der Waals surface area contributed by atoms with E-state index in [0.717, 1.165) is 0 Å². The van der Waals surface area contributed by atoms with E-state index in [2.05, 4.69) is 5.32 Å². The molecule has 11 heteroatoms. The van der Waals surface area contributed by atoms with Gasteiger partial charge in [-0.2, -0.15) is 0 Å². The number of hydrogen-bond acceptors (Lipinski definition) is 7. The Morgan fingerprint density at radius 2 is 1.81 bits per heavy atom. The summed E-state index contributed by atoms with van der Waals surface area (Å²) in [4.78, 5) is 39.9. The van der Waals surface area contributed by atoms with Crippen LogP contribution in [0.25, 0.3) is 6.08 Å². The highest BCUT2D eigenvalue weighted by atomic mass is 35.5. The van der Waals surface area contributed by atoms with E-state index in [1.165, 1.54) is 23.1 Å². The predicted octanol–water partition coefficient (Wildman–Crippen LogP) is 2.92. The number of benzene rings is 2. The van der Waals surface area contributed by atoms with Crippen LogP contribution >= 0.6 is 23.8 Å². The molecule has 2 saturated heterocycles. The first-order valence-electron chi connectivity index (χ1n) is 9.63. The highest BCUT2D eigenvalue weighted by Crippen LogP contribution is 2.30. The van der Waals surface area contributed by atoms with Gasteiger partial charge in [-0.15, -0.1) is 0 Å². The lowest BCUT2D eigenvalue weighted by Gasteiger charge is -2.31. The van der Waals surface area contributed by atoms with Crippen LogP contribution in [0.15, 0.2) is 48.0 Å². The van der Waals surface area contributed by atoms with Gasteiger partial charge in [0.25, 0.3) is 17.5 Å². The number of carbonyl (C=O) groups excluding carboxylic acids is 2. The summed E-state index contributed by atoms with van der Waals surface area (Å²) in [5.41, 5.74) is 1.13. The summed E-state index contributed by atoms with van der Waals surface area (Å²) < 4.78 is 5.38. The fourth-order valence-corrected chi connectivity index (χ4v) is 3.91. The number of anilines is 2. The molecule has 2 aromatic carbocycles. The number of rotatable bonds is 4. The molecule has 4 rings (SSSR count). The Bertz CT molecular complexity index is 1150. The van der Waals surface area contributed by atoms with Crippen LogP contribution in [0, 0.1) is 10.1 Å². The first-order chi connectivity index (χ1) is 15.3. The molecule has 2 aliphatic rings. The van der Waals surface area contributed by atoms with Crippen molar-refractivity contribution in [2.45, 2.75) is 0 Å².